The fourth-order valence-electron chi connectivity index (χ4n) is 1.46. The minimum Gasteiger partial charge on any atom is -0.487 e. The smallest absolute Gasteiger partial charge is 0.150 e. The third kappa shape index (κ3) is 2.06. The van der Waals surface area contributed by atoms with Gasteiger partial charge in [0.2, 0.25) is 0 Å². The zero-order chi connectivity index (χ0) is 10.7. The summed E-state index contributed by atoms with van der Waals surface area (Å²) >= 11 is 0. The van der Waals surface area contributed by atoms with Gasteiger partial charge in [-0.1, -0.05) is 6.58 Å². The highest BCUT2D eigenvalue weighted by Crippen LogP contribution is 2.24. The Morgan fingerprint density at radius 3 is 2.64 bits per heavy atom. The number of aliphatic hydroxyl groups is 3. The molecule has 3 N–H and O–H groups in total. The van der Waals surface area contributed by atoms with E-state index in [1.165, 1.54) is 0 Å². The van der Waals surface area contributed by atoms with Gasteiger partial charge in [-0.25, -0.2) is 0 Å². The lowest BCUT2D eigenvalue weighted by molar-refractivity contribution is -0.182. The first-order valence-electron chi connectivity index (χ1n) is 4.55. The molecule has 0 radical (unpaired) electrons. The van der Waals surface area contributed by atoms with Crippen LogP contribution >= 0.6 is 0 Å². The maximum absolute atomic E-state index is 9.61. The second-order valence-electron chi connectivity index (χ2n) is 3.16. The summed E-state index contributed by atoms with van der Waals surface area (Å²) in [5.74, 6) is 0.0625. The molecule has 0 spiro atoms. The van der Waals surface area contributed by atoms with Crippen molar-refractivity contribution in [3.8, 4) is 0 Å². The molecule has 5 nitrogen and oxygen atoms in total. The highest BCUT2D eigenvalue weighted by molar-refractivity contribution is 5.05. The van der Waals surface area contributed by atoms with Crippen LogP contribution < -0.4 is 0 Å². The van der Waals surface area contributed by atoms with Gasteiger partial charge >= 0.3 is 0 Å². The number of hydrogen-bond acceptors (Lipinski definition) is 5. The lowest BCUT2D eigenvalue weighted by Crippen LogP contribution is -2.54. The largest absolute Gasteiger partial charge is 0.487 e. The molecular weight excluding hydrogens is 188 g/mol. The molecule has 1 heterocycles. The molecular formula is C9H16O5. The van der Waals surface area contributed by atoms with E-state index < -0.39 is 24.4 Å². The highest BCUT2D eigenvalue weighted by atomic mass is 16.6. The van der Waals surface area contributed by atoms with E-state index in [1.54, 1.807) is 6.92 Å². The van der Waals surface area contributed by atoms with Gasteiger partial charge in [-0.3, -0.25) is 0 Å². The first-order chi connectivity index (χ1) is 6.61. The summed E-state index contributed by atoms with van der Waals surface area (Å²) in [7, 11) is 0. The standard InChI is InChI=1S/C9H16O5/c1-3-13-9-6(4-10)14-5(2)7(11)8(9)12/h6-12H,2-4H2,1H3. The Kier molecular flexibility index (Phi) is 3.88. The minimum atomic E-state index is -1.16. The van der Waals surface area contributed by atoms with Crippen LogP contribution in [0, 0.1) is 0 Å². The average Bonchev–Trinajstić information content (AvgIpc) is 2.19. The third-order valence-corrected chi connectivity index (χ3v) is 2.20. The van der Waals surface area contributed by atoms with Crippen molar-refractivity contribution in [2.75, 3.05) is 13.2 Å². The molecule has 4 unspecified atom stereocenters. The molecule has 4 atom stereocenters. The maximum atomic E-state index is 9.61. The molecule has 1 aliphatic rings. The van der Waals surface area contributed by atoms with Gasteiger partial charge in [0, 0.05) is 6.61 Å². The quantitative estimate of drug-likeness (QED) is 0.550. The van der Waals surface area contributed by atoms with Gasteiger partial charge in [0.25, 0.3) is 0 Å². The van der Waals surface area contributed by atoms with Crippen LogP contribution in [0.25, 0.3) is 0 Å². The molecule has 1 saturated heterocycles. The molecule has 5 heteroatoms. The van der Waals surface area contributed by atoms with E-state index in [0.717, 1.165) is 0 Å². The van der Waals surface area contributed by atoms with Crippen molar-refractivity contribution >= 4 is 0 Å². The average molecular weight is 204 g/mol. The molecule has 0 saturated carbocycles. The number of aliphatic hydroxyl groups excluding tert-OH is 3. The van der Waals surface area contributed by atoms with E-state index in [9.17, 15) is 10.2 Å². The Hall–Kier alpha value is -0.620. The van der Waals surface area contributed by atoms with Gasteiger partial charge < -0.3 is 24.8 Å². The number of hydrogen-bond donors (Lipinski definition) is 3. The van der Waals surface area contributed by atoms with Crippen molar-refractivity contribution in [1.29, 1.82) is 0 Å². The predicted molar refractivity (Wildman–Crippen MR) is 48.5 cm³/mol. The summed E-state index contributed by atoms with van der Waals surface area (Å²) in [6.45, 7) is 5.29. The molecule has 14 heavy (non-hydrogen) atoms. The summed E-state index contributed by atoms with van der Waals surface area (Å²) < 4.78 is 10.3. The van der Waals surface area contributed by atoms with Crippen LogP contribution in [-0.2, 0) is 9.47 Å². The molecule has 1 rings (SSSR count). The molecule has 1 aliphatic heterocycles. The van der Waals surface area contributed by atoms with Crippen molar-refractivity contribution in [3.05, 3.63) is 12.3 Å². The normalized spacial score (nSPS) is 38.1. The fourth-order valence-corrected chi connectivity index (χ4v) is 1.46. The van der Waals surface area contributed by atoms with Crippen LogP contribution in [-0.4, -0.2) is 52.9 Å². The van der Waals surface area contributed by atoms with E-state index in [2.05, 4.69) is 6.58 Å². The van der Waals surface area contributed by atoms with E-state index in [1.807, 2.05) is 0 Å². The second kappa shape index (κ2) is 4.75. The van der Waals surface area contributed by atoms with Crippen LogP contribution in [0.1, 0.15) is 6.92 Å². The van der Waals surface area contributed by atoms with Crippen molar-refractivity contribution < 1.29 is 24.8 Å². The fraction of sp³-hybridized carbons (Fsp3) is 0.778. The summed E-state index contributed by atoms with van der Waals surface area (Å²) in [5, 5.41) is 28.0. The monoisotopic (exact) mass is 204 g/mol. The summed E-state index contributed by atoms with van der Waals surface area (Å²) in [4.78, 5) is 0. The van der Waals surface area contributed by atoms with Gasteiger partial charge in [-0.15, -0.1) is 0 Å². The highest BCUT2D eigenvalue weighted by Gasteiger charge is 2.41. The van der Waals surface area contributed by atoms with Crippen molar-refractivity contribution in [3.63, 3.8) is 0 Å². The van der Waals surface area contributed by atoms with Crippen LogP contribution in [0.3, 0.4) is 0 Å². The molecule has 0 aromatic carbocycles. The SMILES string of the molecule is C=C1OC(CO)C(OCC)C(O)C1O. The van der Waals surface area contributed by atoms with Crippen molar-refractivity contribution in [2.24, 2.45) is 0 Å². The molecule has 1 fully saturated rings. The lowest BCUT2D eigenvalue weighted by Gasteiger charge is -2.38. The van der Waals surface area contributed by atoms with E-state index in [-0.39, 0.29) is 12.4 Å². The Morgan fingerprint density at radius 1 is 1.50 bits per heavy atom. The van der Waals surface area contributed by atoms with Gasteiger partial charge in [0.15, 0.2) is 0 Å². The molecule has 0 aromatic heterocycles. The second-order valence-corrected chi connectivity index (χ2v) is 3.16. The van der Waals surface area contributed by atoms with Gasteiger partial charge in [0.05, 0.1) is 6.61 Å². The Morgan fingerprint density at radius 2 is 2.14 bits per heavy atom. The minimum absolute atomic E-state index is 0.0625. The van der Waals surface area contributed by atoms with Crippen LogP contribution in [0.4, 0.5) is 0 Å². The van der Waals surface area contributed by atoms with E-state index >= 15 is 0 Å². The number of ether oxygens (including phenoxy) is 2. The van der Waals surface area contributed by atoms with Gasteiger partial charge in [0.1, 0.15) is 30.2 Å². The lowest BCUT2D eigenvalue weighted by atomic mass is 9.98. The van der Waals surface area contributed by atoms with Crippen LogP contribution in [0.5, 0.6) is 0 Å². The number of rotatable bonds is 3. The van der Waals surface area contributed by atoms with E-state index in [0.29, 0.717) is 6.61 Å². The first kappa shape index (κ1) is 11.5. The third-order valence-electron chi connectivity index (χ3n) is 2.20. The molecule has 0 amide bonds. The Balaban J connectivity index is 2.72. The molecule has 82 valence electrons. The van der Waals surface area contributed by atoms with E-state index in [4.69, 9.17) is 14.6 Å². The Bertz CT molecular complexity index is 203. The van der Waals surface area contributed by atoms with Gasteiger partial charge in [-0.2, -0.15) is 0 Å². The Labute approximate surface area is 82.6 Å². The molecule has 0 bridgehead atoms. The summed E-state index contributed by atoms with van der Waals surface area (Å²) in [5.41, 5.74) is 0. The zero-order valence-corrected chi connectivity index (χ0v) is 8.09. The van der Waals surface area contributed by atoms with Gasteiger partial charge in [-0.05, 0) is 6.92 Å². The topological polar surface area (TPSA) is 79.2 Å². The summed E-state index contributed by atoms with van der Waals surface area (Å²) in [6.07, 6.45) is -3.64. The van der Waals surface area contributed by atoms with Crippen molar-refractivity contribution in [1.82, 2.24) is 0 Å². The predicted octanol–water partition coefficient (Wildman–Crippen LogP) is -0.982. The maximum Gasteiger partial charge on any atom is 0.150 e. The summed E-state index contributed by atoms with van der Waals surface area (Å²) in [6, 6.07) is 0. The van der Waals surface area contributed by atoms with Crippen LogP contribution in [0.2, 0.25) is 0 Å². The zero-order valence-electron chi connectivity index (χ0n) is 8.09. The first-order valence-corrected chi connectivity index (χ1v) is 4.55. The van der Waals surface area contributed by atoms with Crippen molar-refractivity contribution in [2.45, 2.75) is 31.3 Å². The molecule has 0 aromatic rings. The molecule has 0 aliphatic carbocycles. The van der Waals surface area contributed by atoms with Crippen LogP contribution in [0.15, 0.2) is 12.3 Å².